The minimum atomic E-state index is 0.449. The van der Waals surface area contributed by atoms with Crippen LogP contribution < -0.4 is 5.32 Å². The summed E-state index contributed by atoms with van der Waals surface area (Å²) in [4.78, 5) is 10.5. The zero-order chi connectivity index (χ0) is 31.1. The molecule has 45 heavy (non-hydrogen) atoms. The van der Waals surface area contributed by atoms with Crippen LogP contribution in [0.1, 0.15) is 130 Å². The maximum Gasteiger partial charge on any atom is 0.194 e. The number of nitrogens with one attached hydrogen (secondary N) is 3. The largest absolute Gasteiger partial charge is 0.354 e. The number of likely N-dealkylation sites (tertiary alicyclic amines) is 1. The second-order valence-electron chi connectivity index (χ2n) is 17.8. The molecule has 4 bridgehead atoms. The fraction of sp³-hybridized carbons (Fsp3) is 0.947. The number of rotatable bonds is 13. The van der Waals surface area contributed by atoms with Crippen LogP contribution in [0.25, 0.3) is 0 Å². The van der Waals surface area contributed by atoms with Gasteiger partial charge in [-0.15, -0.1) is 0 Å². The monoisotopic (exact) mass is 622 g/mol. The molecule has 8 rings (SSSR count). The number of guanidine groups is 2. The van der Waals surface area contributed by atoms with Crippen LogP contribution >= 0.6 is 0 Å². The van der Waals surface area contributed by atoms with Gasteiger partial charge >= 0.3 is 0 Å². The summed E-state index contributed by atoms with van der Waals surface area (Å²) in [7, 11) is 0. The van der Waals surface area contributed by atoms with E-state index in [1.165, 1.54) is 116 Å². The number of hydrogen-bond donors (Lipinski definition) is 3. The van der Waals surface area contributed by atoms with Gasteiger partial charge in [0, 0.05) is 56.9 Å². The molecule has 3 heterocycles. The quantitative estimate of drug-likeness (QED) is 0.207. The highest BCUT2D eigenvalue weighted by Gasteiger charge is 2.53. The van der Waals surface area contributed by atoms with E-state index in [0.29, 0.717) is 41.5 Å². The van der Waals surface area contributed by atoms with Gasteiger partial charge in [-0.05, 0) is 112 Å². The molecule has 0 amide bonds. The van der Waals surface area contributed by atoms with Gasteiger partial charge in [-0.2, -0.15) is 0 Å². The standard InChI is InChI=1S/C38H67N7/c1-4-9-33-25-44(37(40)45(33)26-38-19-29-15-30(20-38)17-31(16-29)21-38)35(18-28-10-6-5-7-11-28)23-42-13-8-12-32(42)24-43-34(14-27(2)3)22-41-36(43)39/h27-35,40H,4-26H2,1-3H3,(H2,39,41)/t29?,30?,31?,32?,33-,34-,35-,38?/m1/s1. The molecule has 8 fully saturated rings. The van der Waals surface area contributed by atoms with E-state index in [4.69, 9.17) is 5.41 Å². The van der Waals surface area contributed by atoms with Gasteiger partial charge in [-0.25, -0.2) is 0 Å². The van der Waals surface area contributed by atoms with E-state index < -0.39 is 0 Å². The first-order valence-electron chi connectivity index (χ1n) is 19.7. The topological polar surface area (TPSA) is 72.7 Å². The summed E-state index contributed by atoms with van der Waals surface area (Å²) in [5.74, 6) is 5.96. The third-order valence-corrected chi connectivity index (χ3v) is 13.8. The van der Waals surface area contributed by atoms with Gasteiger partial charge in [0.25, 0.3) is 0 Å². The predicted octanol–water partition coefficient (Wildman–Crippen LogP) is 6.98. The van der Waals surface area contributed by atoms with E-state index in [9.17, 15) is 5.41 Å². The van der Waals surface area contributed by atoms with Gasteiger partial charge in [0.2, 0.25) is 0 Å². The van der Waals surface area contributed by atoms with Crippen molar-refractivity contribution in [2.75, 3.05) is 39.3 Å². The summed E-state index contributed by atoms with van der Waals surface area (Å²) in [5, 5.41) is 21.9. The molecular formula is C38H67N7. The molecule has 0 aromatic carbocycles. The normalized spacial score (nSPS) is 37.9. The average molecular weight is 622 g/mol. The van der Waals surface area contributed by atoms with Crippen molar-refractivity contribution in [3.8, 4) is 0 Å². The fourth-order valence-electron chi connectivity index (χ4n) is 12.3. The average Bonchev–Trinajstić information content (AvgIpc) is 3.67. The minimum Gasteiger partial charge on any atom is -0.354 e. The molecule has 3 saturated heterocycles. The van der Waals surface area contributed by atoms with Crippen molar-refractivity contribution in [3.05, 3.63) is 0 Å². The van der Waals surface area contributed by atoms with E-state index in [1.807, 2.05) is 0 Å². The van der Waals surface area contributed by atoms with E-state index in [2.05, 4.69) is 45.7 Å². The molecule has 4 atom stereocenters. The van der Waals surface area contributed by atoms with Gasteiger partial charge in [-0.3, -0.25) is 15.7 Å². The predicted molar refractivity (Wildman–Crippen MR) is 186 cm³/mol. The van der Waals surface area contributed by atoms with Crippen LogP contribution in [0.4, 0.5) is 0 Å². The lowest BCUT2D eigenvalue weighted by Crippen LogP contribution is -2.54. The van der Waals surface area contributed by atoms with Crippen molar-refractivity contribution in [2.45, 2.75) is 154 Å². The lowest BCUT2D eigenvalue weighted by atomic mass is 9.49. The lowest BCUT2D eigenvalue weighted by Gasteiger charge is -2.58. The molecule has 1 unspecified atom stereocenters. The SMILES string of the molecule is CCC[C@@H]1CN([C@H](CC2CCCCC2)CN2CCCC2CN2C(=N)NC[C@H]2CC(C)C)C(=N)N1CC12CC3CC(CC(C3)C1)C2. The molecule has 254 valence electrons. The Morgan fingerprint density at radius 3 is 2.22 bits per heavy atom. The molecule has 0 spiro atoms. The molecular weight excluding hydrogens is 554 g/mol. The molecule has 8 aliphatic rings. The first-order valence-corrected chi connectivity index (χ1v) is 19.7. The summed E-state index contributed by atoms with van der Waals surface area (Å²) >= 11 is 0. The van der Waals surface area contributed by atoms with Crippen LogP contribution in [-0.4, -0.2) is 95.0 Å². The van der Waals surface area contributed by atoms with Crippen LogP contribution in [0.2, 0.25) is 0 Å². The Morgan fingerprint density at radius 2 is 1.56 bits per heavy atom. The Labute approximate surface area is 275 Å². The van der Waals surface area contributed by atoms with Crippen molar-refractivity contribution < 1.29 is 0 Å². The van der Waals surface area contributed by atoms with Crippen LogP contribution in [-0.2, 0) is 0 Å². The zero-order valence-electron chi connectivity index (χ0n) is 29.2. The highest BCUT2D eigenvalue weighted by atomic mass is 15.5. The van der Waals surface area contributed by atoms with Gasteiger partial charge < -0.3 is 20.0 Å². The Hall–Kier alpha value is -1.50. The molecule has 0 aromatic rings. The zero-order valence-corrected chi connectivity index (χ0v) is 29.2. The van der Waals surface area contributed by atoms with Crippen molar-refractivity contribution in [3.63, 3.8) is 0 Å². The molecule has 7 heteroatoms. The van der Waals surface area contributed by atoms with Gasteiger partial charge in [0.15, 0.2) is 11.9 Å². The third kappa shape index (κ3) is 6.90. The van der Waals surface area contributed by atoms with Crippen molar-refractivity contribution in [2.24, 2.45) is 35.0 Å². The Kier molecular flexibility index (Phi) is 9.66. The smallest absolute Gasteiger partial charge is 0.194 e. The van der Waals surface area contributed by atoms with Gasteiger partial charge in [-0.1, -0.05) is 59.3 Å². The van der Waals surface area contributed by atoms with E-state index in [1.54, 1.807) is 0 Å². The molecule has 7 nitrogen and oxygen atoms in total. The second-order valence-corrected chi connectivity index (χ2v) is 17.8. The fourth-order valence-corrected chi connectivity index (χ4v) is 12.3. The summed E-state index contributed by atoms with van der Waals surface area (Å²) in [6.07, 6.45) is 23.3. The Balaban J connectivity index is 1.08. The van der Waals surface area contributed by atoms with Crippen LogP contribution in [0, 0.1) is 45.8 Å². The summed E-state index contributed by atoms with van der Waals surface area (Å²) in [5.41, 5.74) is 0.489. The summed E-state index contributed by atoms with van der Waals surface area (Å²) in [6, 6.07) is 1.95. The molecule has 0 radical (unpaired) electrons. The summed E-state index contributed by atoms with van der Waals surface area (Å²) in [6.45, 7) is 13.5. The first kappa shape index (κ1) is 32.1. The Bertz CT molecular complexity index is 1000. The number of hydrogen-bond acceptors (Lipinski definition) is 3. The molecule has 0 aromatic heterocycles. The highest BCUT2D eigenvalue weighted by molar-refractivity contribution is 5.80. The Morgan fingerprint density at radius 1 is 0.844 bits per heavy atom. The molecule has 3 aliphatic heterocycles. The highest BCUT2D eigenvalue weighted by Crippen LogP contribution is 2.60. The van der Waals surface area contributed by atoms with Crippen LogP contribution in [0.5, 0.6) is 0 Å². The van der Waals surface area contributed by atoms with Crippen molar-refractivity contribution in [1.82, 2.24) is 24.9 Å². The molecule has 3 N–H and O–H groups in total. The maximum absolute atomic E-state index is 9.84. The van der Waals surface area contributed by atoms with E-state index >= 15 is 0 Å². The van der Waals surface area contributed by atoms with E-state index in [-0.39, 0.29) is 0 Å². The minimum absolute atomic E-state index is 0.449. The molecule has 5 aliphatic carbocycles. The summed E-state index contributed by atoms with van der Waals surface area (Å²) < 4.78 is 0. The lowest BCUT2D eigenvalue weighted by molar-refractivity contribution is -0.0638. The van der Waals surface area contributed by atoms with Gasteiger partial charge in [0.1, 0.15) is 0 Å². The van der Waals surface area contributed by atoms with Crippen LogP contribution in [0.3, 0.4) is 0 Å². The van der Waals surface area contributed by atoms with E-state index in [0.717, 1.165) is 62.2 Å². The van der Waals surface area contributed by atoms with Crippen LogP contribution in [0.15, 0.2) is 0 Å². The second kappa shape index (κ2) is 13.5. The van der Waals surface area contributed by atoms with Crippen molar-refractivity contribution >= 4 is 11.9 Å². The third-order valence-electron chi connectivity index (χ3n) is 13.8. The first-order chi connectivity index (χ1) is 21.8. The van der Waals surface area contributed by atoms with Crippen molar-refractivity contribution in [1.29, 1.82) is 10.8 Å². The number of nitrogens with zero attached hydrogens (tertiary/aromatic N) is 4. The molecule has 5 saturated carbocycles. The maximum atomic E-state index is 9.84. The van der Waals surface area contributed by atoms with Gasteiger partial charge in [0.05, 0.1) is 0 Å².